The molecule has 2 rings (SSSR count). The molecule has 5 nitrogen and oxygen atoms in total. The molecular formula is C15H20N4O. The first-order valence-electron chi connectivity index (χ1n) is 6.69. The van der Waals surface area contributed by atoms with Gasteiger partial charge in [0, 0.05) is 36.9 Å². The summed E-state index contributed by atoms with van der Waals surface area (Å²) in [7, 11) is 1.59. The lowest BCUT2D eigenvalue weighted by molar-refractivity contribution is 0.254. The monoisotopic (exact) mass is 272 g/mol. The summed E-state index contributed by atoms with van der Waals surface area (Å²) in [5.74, 6) is 0. The molecule has 5 heteroatoms. The minimum atomic E-state index is -0.216. The molecule has 2 aromatic rings. The third-order valence-corrected chi connectivity index (χ3v) is 3.11. The SMILES string of the molecule is CCn1cccc1CNc1ccc(NC(=O)NC)cc1. The zero-order chi connectivity index (χ0) is 14.4. The lowest BCUT2D eigenvalue weighted by atomic mass is 10.2. The first-order chi connectivity index (χ1) is 9.72. The number of benzene rings is 1. The molecule has 0 bridgehead atoms. The number of nitrogens with zero attached hydrogens (tertiary/aromatic N) is 1. The lowest BCUT2D eigenvalue weighted by Crippen LogP contribution is -2.24. The van der Waals surface area contributed by atoms with E-state index in [0.717, 1.165) is 24.5 Å². The summed E-state index contributed by atoms with van der Waals surface area (Å²) in [6.07, 6.45) is 2.08. The van der Waals surface area contributed by atoms with E-state index < -0.39 is 0 Å². The Morgan fingerprint density at radius 1 is 1.15 bits per heavy atom. The third kappa shape index (κ3) is 3.54. The number of urea groups is 1. The predicted octanol–water partition coefficient (Wildman–Crippen LogP) is 2.87. The zero-order valence-electron chi connectivity index (χ0n) is 11.8. The highest BCUT2D eigenvalue weighted by Crippen LogP contribution is 2.14. The molecule has 2 amide bonds. The molecule has 0 aliphatic carbocycles. The Labute approximate surface area is 119 Å². The number of hydrogen-bond acceptors (Lipinski definition) is 2. The van der Waals surface area contributed by atoms with Crippen molar-refractivity contribution in [1.82, 2.24) is 9.88 Å². The Morgan fingerprint density at radius 2 is 1.85 bits per heavy atom. The number of carbonyl (C=O) groups excluding carboxylic acids is 1. The van der Waals surface area contributed by atoms with Crippen LogP contribution in [0.25, 0.3) is 0 Å². The van der Waals surface area contributed by atoms with Crippen molar-refractivity contribution in [1.29, 1.82) is 0 Å². The highest BCUT2D eigenvalue weighted by atomic mass is 16.2. The zero-order valence-corrected chi connectivity index (χ0v) is 11.8. The number of hydrogen-bond donors (Lipinski definition) is 3. The van der Waals surface area contributed by atoms with Gasteiger partial charge in [-0.25, -0.2) is 4.79 Å². The van der Waals surface area contributed by atoms with Crippen LogP contribution in [0, 0.1) is 0 Å². The minimum Gasteiger partial charge on any atom is -0.379 e. The molecule has 0 spiro atoms. The molecule has 106 valence electrons. The smallest absolute Gasteiger partial charge is 0.318 e. The molecule has 1 aromatic heterocycles. The molecule has 0 fully saturated rings. The maximum Gasteiger partial charge on any atom is 0.318 e. The summed E-state index contributed by atoms with van der Waals surface area (Å²) in [6, 6.07) is 11.6. The van der Waals surface area contributed by atoms with E-state index in [2.05, 4.69) is 45.8 Å². The number of rotatable bonds is 5. The van der Waals surface area contributed by atoms with Gasteiger partial charge in [-0.3, -0.25) is 0 Å². The van der Waals surface area contributed by atoms with E-state index in [1.807, 2.05) is 24.3 Å². The van der Waals surface area contributed by atoms with Gasteiger partial charge in [-0.05, 0) is 43.3 Å². The van der Waals surface area contributed by atoms with Crippen LogP contribution < -0.4 is 16.0 Å². The van der Waals surface area contributed by atoms with Crippen LogP contribution in [0.15, 0.2) is 42.6 Å². The normalized spacial score (nSPS) is 10.1. The maximum absolute atomic E-state index is 11.2. The summed E-state index contributed by atoms with van der Waals surface area (Å²) in [5, 5.41) is 8.61. The van der Waals surface area contributed by atoms with E-state index in [-0.39, 0.29) is 6.03 Å². The minimum absolute atomic E-state index is 0.216. The molecular weight excluding hydrogens is 252 g/mol. The van der Waals surface area contributed by atoms with Crippen molar-refractivity contribution < 1.29 is 4.79 Å². The second kappa shape index (κ2) is 6.65. The Balaban J connectivity index is 1.92. The molecule has 0 saturated carbocycles. The number of carbonyl (C=O) groups is 1. The van der Waals surface area contributed by atoms with Crippen LogP contribution in [0.2, 0.25) is 0 Å². The third-order valence-electron chi connectivity index (χ3n) is 3.11. The lowest BCUT2D eigenvalue weighted by Gasteiger charge is -2.10. The number of aromatic nitrogens is 1. The Hall–Kier alpha value is -2.43. The van der Waals surface area contributed by atoms with Gasteiger partial charge in [0.15, 0.2) is 0 Å². The molecule has 0 radical (unpaired) electrons. The number of amides is 2. The second-order valence-electron chi connectivity index (χ2n) is 4.42. The van der Waals surface area contributed by atoms with Crippen LogP contribution in [-0.4, -0.2) is 17.6 Å². The van der Waals surface area contributed by atoms with E-state index in [0.29, 0.717) is 0 Å². The van der Waals surface area contributed by atoms with E-state index in [1.54, 1.807) is 7.05 Å². The largest absolute Gasteiger partial charge is 0.379 e. The van der Waals surface area contributed by atoms with Crippen LogP contribution >= 0.6 is 0 Å². The summed E-state index contributed by atoms with van der Waals surface area (Å²) in [6.45, 7) is 3.88. The van der Waals surface area contributed by atoms with Crippen molar-refractivity contribution in [3.63, 3.8) is 0 Å². The summed E-state index contributed by atoms with van der Waals surface area (Å²) < 4.78 is 2.20. The van der Waals surface area contributed by atoms with Crippen molar-refractivity contribution >= 4 is 17.4 Å². The van der Waals surface area contributed by atoms with Crippen LogP contribution in [0.1, 0.15) is 12.6 Å². The molecule has 0 saturated heterocycles. The van der Waals surface area contributed by atoms with Crippen molar-refractivity contribution in [2.75, 3.05) is 17.7 Å². The predicted molar refractivity (Wildman–Crippen MR) is 82.0 cm³/mol. The standard InChI is InChI=1S/C15H20N4O/c1-3-19-10-4-5-14(19)11-17-12-6-8-13(9-7-12)18-15(20)16-2/h4-10,17H,3,11H2,1-2H3,(H2,16,18,20). The van der Waals surface area contributed by atoms with E-state index >= 15 is 0 Å². The first kappa shape index (κ1) is 14.0. The Kier molecular flexibility index (Phi) is 4.65. The van der Waals surface area contributed by atoms with Gasteiger partial charge in [0.1, 0.15) is 0 Å². The summed E-state index contributed by atoms with van der Waals surface area (Å²) in [4.78, 5) is 11.2. The van der Waals surface area contributed by atoms with Crippen molar-refractivity contribution in [2.45, 2.75) is 20.0 Å². The van der Waals surface area contributed by atoms with E-state index in [4.69, 9.17) is 0 Å². The van der Waals surface area contributed by atoms with Crippen LogP contribution in [-0.2, 0) is 13.1 Å². The number of anilines is 2. The molecule has 1 aromatic carbocycles. The Bertz CT molecular complexity index is 560. The maximum atomic E-state index is 11.2. The van der Waals surface area contributed by atoms with Gasteiger partial charge in [0.25, 0.3) is 0 Å². The topological polar surface area (TPSA) is 58.1 Å². The van der Waals surface area contributed by atoms with Gasteiger partial charge in [-0.2, -0.15) is 0 Å². The molecule has 0 unspecified atom stereocenters. The van der Waals surface area contributed by atoms with Crippen molar-refractivity contribution in [3.8, 4) is 0 Å². The van der Waals surface area contributed by atoms with Crippen LogP contribution in [0.4, 0.5) is 16.2 Å². The number of nitrogens with one attached hydrogen (secondary N) is 3. The van der Waals surface area contributed by atoms with Gasteiger partial charge in [-0.1, -0.05) is 0 Å². The molecule has 20 heavy (non-hydrogen) atoms. The first-order valence-corrected chi connectivity index (χ1v) is 6.69. The average molecular weight is 272 g/mol. The highest BCUT2D eigenvalue weighted by Gasteiger charge is 2.01. The van der Waals surface area contributed by atoms with Gasteiger partial charge >= 0.3 is 6.03 Å². The fourth-order valence-electron chi connectivity index (χ4n) is 1.98. The second-order valence-corrected chi connectivity index (χ2v) is 4.42. The molecule has 3 N–H and O–H groups in total. The van der Waals surface area contributed by atoms with E-state index in [9.17, 15) is 4.79 Å². The average Bonchev–Trinajstić information content (AvgIpc) is 2.94. The van der Waals surface area contributed by atoms with Gasteiger partial charge in [-0.15, -0.1) is 0 Å². The molecule has 0 atom stereocenters. The van der Waals surface area contributed by atoms with Crippen LogP contribution in [0.5, 0.6) is 0 Å². The molecule has 0 aliphatic heterocycles. The fourth-order valence-corrected chi connectivity index (χ4v) is 1.98. The quantitative estimate of drug-likeness (QED) is 0.784. The van der Waals surface area contributed by atoms with Gasteiger partial charge in [0.2, 0.25) is 0 Å². The van der Waals surface area contributed by atoms with Crippen molar-refractivity contribution in [2.24, 2.45) is 0 Å². The van der Waals surface area contributed by atoms with Crippen molar-refractivity contribution in [3.05, 3.63) is 48.3 Å². The number of aryl methyl sites for hydroxylation is 1. The van der Waals surface area contributed by atoms with Gasteiger partial charge < -0.3 is 20.5 Å². The van der Waals surface area contributed by atoms with Gasteiger partial charge in [0.05, 0.1) is 6.54 Å². The summed E-state index contributed by atoms with van der Waals surface area (Å²) >= 11 is 0. The Morgan fingerprint density at radius 3 is 2.50 bits per heavy atom. The highest BCUT2D eigenvalue weighted by molar-refractivity contribution is 5.89. The summed E-state index contributed by atoms with van der Waals surface area (Å²) in [5.41, 5.74) is 3.04. The fraction of sp³-hybridized carbons (Fsp3) is 0.267. The van der Waals surface area contributed by atoms with E-state index in [1.165, 1.54) is 5.69 Å². The van der Waals surface area contributed by atoms with Crippen LogP contribution in [0.3, 0.4) is 0 Å². The molecule has 0 aliphatic rings. The molecule has 1 heterocycles.